The molecule has 0 aromatic carbocycles. The standard InChI is InChI=1S/C12H20N2O3.ClH/c1-2-5-10(12(16)17)14-11(15)8-13-9-6-3-4-7-9;/h2,9-10,13H,1,3-8H2,(H,14,15)(H,16,17);1H. The highest BCUT2D eigenvalue weighted by atomic mass is 35.5. The summed E-state index contributed by atoms with van der Waals surface area (Å²) in [5.74, 6) is -1.30. The molecule has 0 aliphatic heterocycles. The highest BCUT2D eigenvalue weighted by molar-refractivity contribution is 5.85. The van der Waals surface area contributed by atoms with Crippen LogP contribution >= 0.6 is 12.4 Å². The third kappa shape index (κ3) is 6.02. The van der Waals surface area contributed by atoms with Crippen LogP contribution in [0.3, 0.4) is 0 Å². The summed E-state index contributed by atoms with van der Waals surface area (Å²) in [6.07, 6.45) is 6.33. The minimum absolute atomic E-state index is 0. The fraction of sp³-hybridized carbons (Fsp3) is 0.667. The normalized spacial score (nSPS) is 16.7. The average Bonchev–Trinajstić information content (AvgIpc) is 2.78. The number of carboxylic acids is 1. The van der Waals surface area contributed by atoms with Crippen molar-refractivity contribution in [2.45, 2.75) is 44.2 Å². The Balaban J connectivity index is 0.00000289. The van der Waals surface area contributed by atoms with E-state index in [2.05, 4.69) is 17.2 Å². The van der Waals surface area contributed by atoms with Crippen LogP contribution in [0.4, 0.5) is 0 Å². The third-order valence-corrected chi connectivity index (χ3v) is 2.94. The van der Waals surface area contributed by atoms with E-state index in [1.165, 1.54) is 18.9 Å². The lowest BCUT2D eigenvalue weighted by molar-refractivity contribution is -0.141. The van der Waals surface area contributed by atoms with E-state index in [0.29, 0.717) is 6.04 Å². The van der Waals surface area contributed by atoms with Gasteiger partial charge in [-0.25, -0.2) is 4.79 Å². The van der Waals surface area contributed by atoms with Gasteiger partial charge in [-0.2, -0.15) is 0 Å². The summed E-state index contributed by atoms with van der Waals surface area (Å²) in [5, 5.41) is 14.5. The number of carbonyl (C=O) groups is 2. The molecule has 1 aliphatic rings. The highest BCUT2D eigenvalue weighted by Crippen LogP contribution is 2.17. The minimum Gasteiger partial charge on any atom is -0.480 e. The third-order valence-electron chi connectivity index (χ3n) is 2.94. The molecule has 1 unspecified atom stereocenters. The summed E-state index contributed by atoms with van der Waals surface area (Å²) in [6.45, 7) is 3.66. The van der Waals surface area contributed by atoms with Gasteiger partial charge in [-0.15, -0.1) is 19.0 Å². The van der Waals surface area contributed by atoms with Crippen molar-refractivity contribution in [3.05, 3.63) is 12.7 Å². The molecule has 1 saturated carbocycles. The Labute approximate surface area is 113 Å². The van der Waals surface area contributed by atoms with Gasteiger partial charge in [-0.05, 0) is 19.3 Å². The van der Waals surface area contributed by atoms with Gasteiger partial charge in [0, 0.05) is 6.04 Å². The molecule has 1 atom stereocenters. The van der Waals surface area contributed by atoms with Crippen LogP contribution in [0.1, 0.15) is 32.1 Å². The lowest BCUT2D eigenvalue weighted by Gasteiger charge is -2.15. The van der Waals surface area contributed by atoms with Gasteiger partial charge in [0.05, 0.1) is 6.54 Å². The molecular weight excluding hydrogens is 256 g/mol. The van der Waals surface area contributed by atoms with Crippen molar-refractivity contribution in [2.75, 3.05) is 6.54 Å². The molecule has 0 aromatic rings. The van der Waals surface area contributed by atoms with Crippen molar-refractivity contribution in [2.24, 2.45) is 0 Å². The Bertz CT molecular complexity index is 291. The maximum absolute atomic E-state index is 11.5. The van der Waals surface area contributed by atoms with Crippen molar-refractivity contribution in [3.63, 3.8) is 0 Å². The molecule has 0 heterocycles. The minimum atomic E-state index is -1.03. The molecule has 6 heteroatoms. The van der Waals surface area contributed by atoms with E-state index >= 15 is 0 Å². The molecule has 0 saturated heterocycles. The number of hydrogen-bond acceptors (Lipinski definition) is 3. The molecule has 18 heavy (non-hydrogen) atoms. The fourth-order valence-corrected chi connectivity index (χ4v) is 2.00. The average molecular weight is 277 g/mol. The first kappa shape index (κ1) is 16.9. The number of carboxylic acid groups (broad SMARTS) is 1. The van der Waals surface area contributed by atoms with E-state index in [4.69, 9.17) is 5.11 Å². The van der Waals surface area contributed by atoms with Crippen molar-refractivity contribution in [1.82, 2.24) is 10.6 Å². The summed E-state index contributed by atoms with van der Waals surface area (Å²) < 4.78 is 0. The summed E-state index contributed by atoms with van der Waals surface area (Å²) in [5.41, 5.74) is 0. The number of rotatable bonds is 7. The number of hydrogen-bond donors (Lipinski definition) is 3. The topological polar surface area (TPSA) is 78.4 Å². The van der Waals surface area contributed by atoms with E-state index < -0.39 is 12.0 Å². The van der Waals surface area contributed by atoms with E-state index in [1.807, 2.05) is 0 Å². The Morgan fingerprint density at radius 1 is 1.39 bits per heavy atom. The predicted molar refractivity (Wildman–Crippen MR) is 71.9 cm³/mol. The highest BCUT2D eigenvalue weighted by Gasteiger charge is 2.19. The van der Waals surface area contributed by atoms with E-state index in [-0.39, 0.29) is 31.3 Å². The first-order chi connectivity index (χ1) is 8.13. The summed E-state index contributed by atoms with van der Waals surface area (Å²) in [4.78, 5) is 22.3. The van der Waals surface area contributed by atoms with Gasteiger partial charge in [0.15, 0.2) is 0 Å². The van der Waals surface area contributed by atoms with Crippen LogP contribution in [0.5, 0.6) is 0 Å². The second kappa shape index (κ2) is 8.94. The van der Waals surface area contributed by atoms with Gasteiger partial charge in [-0.1, -0.05) is 18.9 Å². The first-order valence-corrected chi connectivity index (χ1v) is 6.00. The molecule has 0 aromatic heterocycles. The van der Waals surface area contributed by atoms with Crippen molar-refractivity contribution < 1.29 is 14.7 Å². The van der Waals surface area contributed by atoms with E-state index in [0.717, 1.165) is 12.8 Å². The van der Waals surface area contributed by atoms with Gasteiger partial charge in [0.2, 0.25) is 5.91 Å². The lowest BCUT2D eigenvalue weighted by atomic mass is 10.2. The monoisotopic (exact) mass is 276 g/mol. The molecule has 0 bridgehead atoms. The largest absolute Gasteiger partial charge is 0.480 e. The van der Waals surface area contributed by atoms with Crippen molar-refractivity contribution in [3.8, 4) is 0 Å². The molecule has 1 amide bonds. The van der Waals surface area contributed by atoms with Gasteiger partial charge in [0.25, 0.3) is 0 Å². The smallest absolute Gasteiger partial charge is 0.326 e. The Morgan fingerprint density at radius 2 is 2.00 bits per heavy atom. The fourth-order valence-electron chi connectivity index (χ4n) is 2.00. The zero-order valence-corrected chi connectivity index (χ0v) is 11.2. The Kier molecular flexibility index (Phi) is 8.41. The Hall–Kier alpha value is -1.07. The second-order valence-corrected chi connectivity index (χ2v) is 4.34. The van der Waals surface area contributed by atoms with E-state index in [1.54, 1.807) is 0 Å². The predicted octanol–water partition coefficient (Wildman–Crippen LogP) is 1.09. The summed E-state index contributed by atoms with van der Waals surface area (Å²) >= 11 is 0. The maximum atomic E-state index is 11.5. The van der Waals surface area contributed by atoms with E-state index in [9.17, 15) is 9.59 Å². The Morgan fingerprint density at radius 3 is 2.50 bits per heavy atom. The van der Waals surface area contributed by atoms with Gasteiger partial charge in [-0.3, -0.25) is 4.79 Å². The number of carbonyl (C=O) groups excluding carboxylic acids is 1. The van der Waals surface area contributed by atoms with Gasteiger partial charge in [0.1, 0.15) is 6.04 Å². The summed E-state index contributed by atoms with van der Waals surface area (Å²) in [7, 11) is 0. The lowest BCUT2D eigenvalue weighted by Crippen LogP contribution is -2.45. The first-order valence-electron chi connectivity index (χ1n) is 6.00. The molecule has 104 valence electrons. The number of nitrogens with one attached hydrogen (secondary N) is 2. The summed E-state index contributed by atoms with van der Waals surface area (Å²) in [6, 6.07) is -0.464. The molecule has 0 spiro atoms. The van der Waals surface area contributed by atoms with Gasteiger partial charge >= 0.3 is 5.97 Å². The van der Waals surface area contributed by atoms with Gasteiger partial charge < -0.3 is 15.7 Å². The molecule has 5 nitrogen and oxygen atoms in total. The molecule has 1 fully saturated rings. The number of amides is 1. The maximum Gasteiger partial charge on any atom is 0.326 e. The van der Waals surface area contributed by atoms with Crippen LogP contribution < -0.4 is 10.6 Å². The van der Waals surface area contributed by atoms with Crippen LogP contribution in [0.2, 0.25) is 0 Å². The zero-order chi connectivity index (χ0) is 12.7. The molecule has 3 N–H and O–H groups in total. The number of aliphatic carboxylic acids is 1. The van der Waals surface area contributed by atoms with Crippen LogP contribution in [-0.2, 0) is 9.59 Å². The molecule has 1 rings (SSSR count). The van der Waals surface area contributed by atoms with Crippen LogP contribution in [-0.4, -0.2) is 35.6 Å². The second-order valence-electron chi connectivity index (χ2n) is 4.34. The quantitative estimate of drug-likeness (QED) is 0.608. The SMILES string of the molecule is C=CCC(NC(=O)CNC1CCCC1)C(=O)O.Cl. The van der Waals surface area contributed by atoms with Crippen molar-refractivity contribution >= 4 is 24.3 Å². The van der Waals surface area contributed by atoms with Crippen molar-refractivity contribution in [1.29, 1.82) is 0 Å². The molecule has 0 radical (unpaired) electrons. The van der Waals surface area contributed by atoms with Crippen LogP contribution in [0.15, 0.2) is 12.7 Å². The van der Waals surface area contributed by atoms with Crippen LogP contribution in [0, 0.1) is 0 Å². The molecular formula is C12H21ClN2O3. The molecule has 1 aliphatic carbocycles. The number of halogens is 1. The van der Waals surface area contributed by atoms with Crippen LogP contribution in [0.25, 0.3) is 0 Å². The zero-order valence-electron chi connectivity index (χ0n) is 10.4.